The van der Waals surface area contributed by atoms with E-state index in [4.69, 9.17) is 10.5 Å². The molecule has 0 saturated carbocycles. The predicted molar refractivity (Wildman–Crippen MR) is 87.9 cm³/mol. The molecule has 0 spiro atoms. The summed E-state index contributed by atoms with van der Waals surface area (Å²) in [5.41, 5.74) is 5.90. The van der Waals surface area contributed by atoms with Gasteiger partial charge in [0, 0.05) is 0 Å². The molecular formula is C16H23N3O6. The molecule has 1 aromatic rings. The number of aliphatic hydroxyl groups excluding tert-OH is 2. The van der Waals surface area contributed by atoms with E-state index in [1.54, 1.807) is 24.3 Å². The third-order valence-corrected chi connectivity index (χ3v) is 3.27. The van der Waals surface area contributed by atoms with E-state index >= 15 is 0 Å². The first-order valence-electron chi connectivity index (χ1n) is 7.68. The molecule has 0 saturated heterocycles. The minimum absolute atomic E-state index is 0.0181. The summed E-state index contributed by atoms with van der Waals surface area (Å²) in [5.74, 6) is -2.32. The second-order valence-corrected chi connectivity index (χ2v) is 5.33. The van der Waals surface area contributed by atoms with Gasteiger partial charge in [0.1, 0.15) is 12.6 Å². The number of nitrogens with one attached hydrogen (secondary N) is 2. The Morgan fingerprint density at radius 2 is 1.84 bits per heavy atom. The van der Waals surface area contributed by atoms with Crippen LogP contribution in [-0.4, -0.2) is 59.3 Å². The number of benzene rings is 1. The lowest BCUT2D eigenvalue weighted by atomic mass is 10.1. The molecule has 0 aliphatic rings. The molecule has 0 heterocycles. The molecule has 0 radical (unpaired) electrons. The van der Waals surface area contributed by atoms with Crippen LogP contribution in [0, 0.1) is 0 Å². The summed E-state index contributed by atoms with van der Waals surface area (Å²) in [5, 5.41) is 23.4. The van der Waals surface area contributed by atoms with Crippen molar-refractivity contribution in [2.75, 3.05) is 13.2 Å². The normalized spacial score (nSPS) is 14.1. The van der Waals surface area contributed by atoms with E-state index in [2.05, 4.69) is 10.6 Å². The van der Waals surface area contributed by atoms with Gasteiger partial charge in [0.05, 0.1) is 19.3 Å². The van der Waals surface area contributed by atoms with Crippen molar-refractivity contribution in [3.8, 4) is 0 Å². The highest BCUT2D eigenvalue weighted by Crippen LogP contribution is 2.02. The van der Waals surface area contributed by atoms with E-state index in [0.29, 0.717) is 0 Å². The Labute approximate surface area is 145 Å². The highest BCUT2D eigenvalue weighted by atomic mass is 16.5. The predicted octanol–water partition coefficient (Wildman–Crippen LogP) is -1.97. The SMILES string of the molecule is C[C@H](O)[C@H](NC(=O)CN)C(=O)N[C@@H](CO)C(=O)OCc1ccccc1. The van der Waals surface area contributed by atoms with Crippen molar-refractivity contribution in [2.24, 2.45) is 5.73 Å². The van der Waals surface area contributed by atoms with Gasteiger partial charge < -0.3 is 31.3 Å². The lowest BCUT2D eigenvalue weighted by Gasteiger charge is -2.23. The Hall–Kier alpha value is -2.49. The van der Waals surface area contributed by atoms with Gasteiger partial charge in [-0.05, 0) is 12.5 Å². The Balaban J connectivity index is 2.63. The molecule has 6 N–H and O–H groups in total. The van der Waals surface area contributed by atoms with Crippen LogP contribution in [0.25, 0.3) is 0 Å². The van der Waals surface area contributed by atoms with Crippen molar-refractivity contribution >= 4 is 17.8 Å². The van der Waals surface area contributed by atoms with Crippen LogP contribution in [0.5, 0.6) is 0 Å². The second kappa shape index (κ2) is 10.4. The lowest BCUT2D eigenvalue weighted by molar-refractivity contribution is -0.150. The Kier molecular flexibility index (Phi) is 8.54. The molecular weight excluding hydrogens is 330 g/mol. The van der Waals surface area contributed by atoms with Crippen molar-refractivity contribution in [2.45, 2.75) is 31.7 Å². The summed E-state index contributed by atoms with van der Waals surface area (Å²) in [6.45, 7) is 0.217. The van der Waals surface area contributed by atoms with Gasteiger partial charge in [0.2, 0.25) is 11.8 Å². The number of esters is 1. The Morgan fingerprint density at radius 1 is 1.20 bits per heavy atom. The topological polar surface area (TPSA) is 151 Å². The van der Waals surface area contributed by atoms with Crippen LogP contribution in [-0.2, 0) is 25.7 Å². The lowest BCUT2D eigenvalue weighted by Crippen LogP contribution is -2.57. The molecule has 9 heteroatoms. The van der Waals surface area contributed by atoms with Crippen LogP contribution in [0.15, 0.2) is 30.3 Å². The van der Waals surface area contributed by atoms with Crippen LogP contribution in [0.4, 0.5) is 0 Å². The molecule has 0 aliphatic carbocycles. The maximum Gasteiger partial charge on any atom is 0.331 e. The number of amides is 2. The van der Waals surface area contributed by atoms with Crippen molar-refractivity contribution in [1.29, 1.82) is 0 Å². The van der Waals surface area contributed by atoms with Crippen LogP contribution in [0.1, 0.15) is 12.5 Å². The van der Waals surface area contributed by atoms with Crippen LogP contribution in [0.3, 0.4) is 0 Å². The summed E-state index contributed by atoms with van der Waals surface area (Å²) in [6, 6.07) is 6.24. The Morgan fingerprint density at radius 3 is 2.36 bits per heavy atom. The quantitative estimate of drug-likeness (QED) is 0.323. The maximum absolute atomic E-state index is 12.1. The molecule has 25 heavy (non-hydrogen) atoms. The van der Waals surface area contributed by atoms with Gasteiger partial charge in [-0.25, -0.2) is 4.79 Å². The van der Waals surface area contributed by atoms with Gasteiger partial charge in [-0.15, -0.1) is 0 Å². The highest BCUT2D eigenvalue weighted by Gasteiger charge is 2.29. The molecule has 0 aromatic heterocycles. The number of ether oxygens (including phenoxy) is 1. The molecule has 0 aliphatic heterocycles. The van der Waals surface area contributed by atoms with Gasteiger partial charge in [-0.1, -0.05) is 30.3 Å². The summed E-state index contributed by atoms with van der Waals surface area (Å²) < 4.78 is 5.04. The van der Waals surface area contributed by atoms with Gasteiger partial charge in [-0.2, -0.15) is 0 Å². The highest BCUT2D eigenvalue weighted by molar-refractivity contribution is 5.91. The molecule has 0 unspecified atom stereocenters. The average molecular weight is 353 g/mol. The van der Waals surface area contributed by atoms with E-state index in [9.17, 15) is 24.6 Å². The van der Waals surface area contributed by atoms with Crippen LogP contribution in [0.2, 0.25) is 0 Å². The smallest absolute Gasteiger partial charge is 0.331 e. The number of rotatable bonds is 9. The molecule has 1 rings (SSSR count). The van der Waals surface area contributed by atoms with Gasteiger partial charge in [0.15, 0.2) is 6.04 Å². The first kappa shape index (κ1) is 20.6. The van der Waals surface area contributed by atoms with Crippen molar-refractivity contribution in [3.05, 3.63) is 35.9 Å². The van der Waals surface area contributed by atoms with Crippen LogP contribution < -0.4 is 16.4 Å². The summed E-state index contributed by atoms with van der Waals surface area (Å²) >= 11 is 0. The number of hydrogen-bond donors (Lipinski definition) is 5. The van der Waals surface area contributed by atoms with E-state index in [1.807, 2.05) is 6.07 Å². The third-order valence-electron chi connectivity index (χ3n) is 3.27. The Bertz CT molecular complexity index is 578. The minimum Gasteiger partial charge on any atom is -0.459 e. The first-order chi connectivity index (χ1) is 11.9. The van der Waals surface area contributed by atoms with Gasteiger partial charge in [-0.3, -0.25) is 9.59 Å². The second-order valence-electron chi connectivity index (χ2n) is 5.33. The zero-order chi connectivity index (χ0) is 18.8. The zero-order valence-electron chi connectivity index (χ0n) is 13.8. The fourth-order valence-corrected chi connectivity index (χ4v) is 1.91. The first-order valence-corrected chi connectivity index (χ1v) is 7.68. The molecule has 0 fully saturated rings. The van der Waals surface area contributed by atoms with Crippen molar-refractivity contribution in [3.63, 3.8) is 0 Å². The standard InChI is InChI=1S/C16H23N3O6/c1-10(21)14(19-13(22)7-17)15(23)18-12(8-20)16(24)25-9-11-5-3-2-4-6-11/h2-6,10,12,14,20-21H,7-9,17H2,1H3,(H,18,23)(H,19,22)/t10-,12-,14-/m0/s1. The molecule has 3 atom stereocenters. The monoisotopic (exact) mass is 353 g/mol. The van der Waals surface area contributed by atoms with Crippen LogP contribution >= 0.6 is 0 Å². The van der Waals surface area contributed by atoms with Gasteiger partial charge >= 0.3 is 5.97 Å². The summed E-state index contributed by atoms with van der Waals surface area (Å²) in [6.07, 6.45) is -1.23. The third kappa shape index (κ3) is 6.87. The number of hydrogen-bond acceptors (Lipinski definition) is 7. The van der Waals surface area contributed by atoms with Gasteiger partial charge in [0.25, 0.3) is 0 Å². The minimum atomic E-state index is -1.33. The molecule has 138 valence electrons. The molecule has 2 amide bonds. The van der Waals surface area contributed by atoms with E-state index in [1.165, 1.54) is 6.92 Å². The molecule has 9 nitrogen and oxygen atoms in total. The number of aliphatic hydroxyl groups is 2. The maximum atomic E-state index is 12.1. The molecule has 0 bridgehead atoms. The average Bonchev–Trinajstić information content (AvgIpc) is 2.62. The number of carbonyl (C=O) groups excluding carboxylic acids is 3. The van der Waals surface area contributed by atoms with E-state index in [-0.39, 0.29) is 13.2 Å². The van der Waals surface area contributed by atoms with Crippen molar-refractivity contribution < 1.29 is 29.3 Å². The zero-order valence-corrected chi connectivity index (χ0v) is 13.8. The molecule has 1 aromatic carbocycles. The fourth-order valence-electron chi connectivity index (χ4n) is 1.91. The largest absolute Gasteiger partial charge is 0.459 e. The van der Waals surface area contributed by atoms with Crippen molar-refractivity contribution in [1.82, 2.24) is 10.6 Å². The van der Waals surface area contributed by atoms with E-state index in [0.717, 1.165) is 5.56 Å². The number of nitrogens with two attached hydrogens (primary N) is 1. The fraction of sp³-hybridized carbons (Fsp3) is 0.438. The summed E-state index contributed by atoms with van der Waals surface area (Å²) in [7, 11) is 0. The summed E-state index contributed by atoms with van der Waals surface area (Å²) in [4.78, 5) is 35.4. The van der Waals surface area contributed by atoms with E-state index < -0.39 is 42.6 Å². The number of carbonyl (C=O) groups is 3.